The highest BCUT2D eigenvalue weighted by Gasteiger charge is 2.19. The molecule has 0 saturated carbocycles. The maximum absolute atomic E-state index is 11.6. The Bertz CT molecular complexity index is 281. The minimum Gasteiger partial charge on any atom is -0.480 e. The number of carboxylic acid groups (broad SMARTS) is 1. The van der Waals surface area contributed by atoms with E-state index in [9.17, 15) is 14.4 Å². The van der Waals surface area contributed by atoms with Gasteiger partial charge >= 0.3 is 5.97 Å². The van der Waals surface area contributed by atoms with Crippen LogP contribution in [0, 0.1) is 0 Å². The van der Waals surface area contributed by atoms with E-state index in [1.807, 2.05) is 0 Å². The fraction of sp³-hybridized carbons (Fsp3) is 0.667. The monoisotopic (exact) mass is 248 g/mol. The predicted octanol–water partition coefficient (Wildman–Crippen LogP) is -0.473. The molecule has 0 aliphatic heterocycles. The Morgan fingerprint density at radius 1 is 1.31 bits per heavy atom. The summed E-state index contributed by atoms with van der Waals surface area (Å²) < 4.78 is 0. The van der Waals surface area contributed by atoms with Crippen molar-refractivity contribution >= 4 is 29.5 Å². The van der Waals surface area contributed by atoms with Crippen molar-refractivity contribution in [2.45, 2.75) is 19.9 Å². The molecule has 3 N–H and O–H groups in total. The fourth-order valence-electron chi connectivity index (χ4n) is 1.03. The minimum absolute atomic E-state index is 0.0603. The number of thioether (sulfide) groups is 1. The molecule has 7 heteroatoms. The smallest absolute Gasteiger partial charge is 0.323 e. The van der Waals surface area contributed by atoms with Crippen LogP contribution in [0.5, 0.6) is 0 Å². The molecule has 0 spiro atoms. The van der Waals surface area contributed by atoms with Gasteiger partial charge in [-0.2, -0.15) is 0 Å². The number of rotatable bonds is 7. The normalized spacial score (nSPS) is 10.2. The topological polar surface area (TPSA) is 101 Å². The Morgan fingerprint density at radius 2 is 1.88 bits per heavy atom. The molecule has 0 atom stereocenters. The number of primary amides is 1. The van der Waals surface area contributed by atoms with Gasteiger partial charge in [0.15, 0.2) is 0 Å². The van der Waals surface area contributed by atoms with Crippen LogP contribution in [0.4, 0.5) is 0 Å². The second-order valence-electron chi connectivity index (χ2n) is 3.47. The molecule has 2 amide bonds. The molecule has 0 aromatic heterocycles. The SMILES string of the molecule is CC(C)N(CC(=O)O)C(=O)CSCC(N)=O. The molecule has 0 bridgehead atoms. The first-order valence-corrected chi connectivity index (χ1v) is 5.87. The van der Waals surface area contributed by atoms with Crippen LogP contribution in [0.1, 0.15) is 13.8 Å². The predicted molar refractivity (Wildman–Crippen MR) is 61.0 cm³/mol. The maximum atomic E-state index is 11.6. The number of carbonyl (C=O) groups is 3. The third-order valence-corrected chi connectivity index (χ3v) is 2.66. The van der Waals surface area contributed by atoms with E-state index < -0.39 is 11.9 Å². The quantitative estimate of drug-likeness (QED) is 0.634. The van der Waals surface area contributed by atoms with Gasteiger partial charge in [-0.05, 0) is 13.8 Å². The molecular formula is C9H16N2O4S. The summed E-state index contributed by atoms with van der Waals surface area (Å²) in [4.78, 5) is 33.8. The van der Waals surface area contributed by atoms with Crippen LogP contribution in [-0.4, -0.2) is 51.9 Å². The molecule has 0 unspecified atom stereocenters. The zero-order valence-electron chi connectivity index (χ0n) is 9.30. The number of carboxylic acids is 1. The van der Waals surface area contributed by atoms with Crippen molar-refractivity contribution in [3.05, 3.63) is 0 Å². The first-order chi connectivity index (χ1) is 7.34. The van der Waals surface area contributed by atoms with Gasteiger partial charge in [0.1, 0.15) is 6.54 Å². The van der Waals surface area contributed by atoms with Crippen molar-refractivity contribution in [3.63, 3.8) is 0 Å². The Balaban J connectivity index is 4.17. The lowest BCUT2D eigenvalue weighted by Crippen LogP contribution is -2.41. The van der Waals surface area contributed by atoms with Gasteiger partial charge in [0.25, 0.3) is 0 Å². The van der Waals surface area contributed by atoms with E-state index in [2.05, 4.69) is 0 Å². The molecule has 0 rings (SSSR count). The summed E-state index contributed by atoms with van der Waals surface area (Å²) in [7, 11) is 0. The van der Waals surface area contributed by atoms with Crippen LogP contribution in [-0.2, 0) is 14.4 Å². The van der Waals surface area contributed by atoms with Gasteiger partial charge in [-0.15, -0.1) is 11.8 Å². The van der Waals surface area contributed by atoms with Gasteiger partial charge in [0.2, 0.25) is 11.8 Å². The van der Waals surface area contributed by atoms with E-state index in [0.29, 0.717) is 0 Å². The Kier molecular flexibility index (Phi) is 6.55. The van der Waals surface area contributed by atoms with Crippen LogP contribution in [0.15, 0.2) is 0 Å². The third kappa shape index (κ3) is 6.28. The summed E-state index contributed by atoms with van der Waals surface area (Å²) in [5.41, 5.74) is 4.92. The Morgan fingerprint density at radius 3 is 2.25 bits per heavy atom. The van der Waals surface area contributed by atoms with E-state index in [4.69, 9.17) is 10.8 Å². The van der Waals surface area contributed by atoms with Crippen LogP contribution >= 0.6 is 11.8 Å². The van der Waals surface area contributed by atoms with E-state index in [1.165, 1.54) is 4.90 Å². The highest BCUT2D eigenvalue weighted by atomic mass is 32.2. The molecule has 0 heterocycles. The number of nitrogens with two attached hydrogens (primary N) is 1. The lowest BCUT2D eigenvalue weighted by Gasteiger charge is -2.24. The maximum Gasteiger partial charge on any atom is 0.323 e. The molecule has 0 fully saturated rings. The van der Waals surface area contributed by atoms with Crippen molar-refractivity contribution in [1.82, 2.24) is 4.90 Å². The van der Waals surface area contributed by atoms with Crippen molar-refractivity contribution in [1.29, 1.82) is 0 Å². The molecule has 0 aliphatic carbocycles. The summed E-state index contributed by atoms with van der Waals surface area (Å²) in [6.07, 6.45) is 0. The second kappa shape index (κ2) is 7.10. The highest BCUT2D eigenvalue weighted by molar-refractivity contribution is 8.00. The molecule has 92 valence electrons. The average Bonchev–Trinajstić information content (AvgIpc) is 2.12. The van der Waals surface area contributed by atoms with Gasteiger partial charge in [-0.25, -0.2) is 0 Å². The summed E-state index contributed by atoms with van der Waals surface area (Å²) >= 11 is 1.08. The number of aliphatic carboxylic acids is 1. The number of nitrogens with zero attached hydrogens (tertiary/aromatic N) is 1. The van der Waals surface area contributed by atoms with E-state index >= 15 is 0 Å². The van der Waals surface area contributed by atoms with E-state index in [-0.39, 0.29) is 30.0 Å². The third-order valence-electron chi connectivity index (χ3n) is 1.72. The van der Waals surface area contributed by atoms with Crippen LogP contribution < -0.4 is 5.73 Å². The van der Waals surface area contributed by atoms with Crippen LogP contribution in [0.25, 0.3) is 0 Å². The molecule has 0 saturated heterocycles. The van der Waals surface area contributed by atoms with Crippen molar-refractivity contribution in [3.8, 4) is 0 Å². The molecule has 6 nitrogen and oxygen atoms in total. The molecule has 0 aromatic carbocycles. The highest BCUT2D eigenvalue weighted by Crippen LogP contribution is 2.05. The van der Waals surface area contributed by atoms with Crippen molar-refractivity contribution < 1.29 is 19.5 Å². The van der Waals surface area contributed by atoms with Crippen molar-refractivity contribution in [2.75, 3.05) is 18.1 Å². The average molecular weight is 248 g/mol. The lowest BCUT2D eigenvalue weighted by atomic mass is 10.3. The first kappa shape index (κ1) is 14.8. The molecule has 16 heavy (non-hydrogen) atoms. The molecular weight excluding hydrogens is 232 g/mol. The minimum atomic E-state index is -1.05. The largest absolute Gasteiger partial charge is 0.480 e. The summed E-state index contributed by atoms with van der Waals surface area (Å²) in [5.74, 6) is -1.73. The second-order valence-corrected chi connectivity index (χ2v) is 4.45. The van der Waals surface area contributed by atoms with Crippen LogP contribution in [0.2, 0.25) is 0 Å². The molecule has 0 aromatic rings. The molecule has 0 aliphatic rings. The number of amides is 2. The van der Waals surface area contributed by atoms with E-state index in [1.54, 1.807) is 13.8 Å². The fourth-order valence-corrected chi connectivity index (χ4v) is 1.67. The lowest BCUT2D eigenvalue weighted by molar-refractivity contribution is -0.144. The van der Waals surface area contributed by atoms with Gasteiger partial charge in [-0.3, -0.25) is 14.4 Å². The zero-order chi connectivity index (χ0) is 12.7. The Hall–Kier alpha value is -1.24. The van der Waals surface area contributed by atoms with Gasteiger partial charge < -0.3 is 15.7 Å². The Labute approximate surface area is 98.2 Å². The first-order valence-electron chi connectivity index (χ1n) is 4.72. The standard InChI is InChI=1S/C9H16N2O4S/c1-6(2)11(3-9(14)15)8(13)5-16-4-7(10)12/h6H,3-5H2,1-2H3,(H2,10,12)(H,14,15). The van der Waals surface area contributed by atoms with Gasteiger partial charge in [-0.1, -0.05) is 0 Å². The number of hydrogen-bond donors (Lipinski definition) is 2. The zero-order valence-corrected chi connectivity index (χ0v) is 10.1. The van der Waals surface area contributed by atoms with Crippen molar-refractivity contribution in [2.24, 2.45) is 5.73 Å². The summed E-state index contributed by atoms with van der Waals surface area (Å²) in [6, 6.07) is -0.183. The summed E-state index contributed by atoms with van der Waals surface area (Å²) in [6.45, 7) is 3.15. The van der Waals surface area contributed by atoms with Crippen LogP contribution in [0.3, 0.4) is 0 Å². The summed E-state index contributed by atoms with van der Waals surface area (Å²) in [5, 5.41) is 8.62. The van der Waals surface area contributed by atoms with Gasteiger partial charge in [0.05, 0.1) is 11.5 Å². The van der Waals surface area contributed by atoms with Gasteiger partial charge in [0, 0.05) is 6.04 Å². The molecule has 0 radical (unpaired) electrons. The number of carbonyl (C=O) groups excluding carboxylic acids is 2. The number of hydrogen-bond acceptors (Lipinski definition) is 4. The van der Waals surface area contributed by atoms with E-state index in [0.717, 1.165) is 11.8 Å².